The zero-order chi connectivity index (χ0) is 9.84. The molecule has 0 aliphatic carbocycles. The predicted octanol–water partition coefficient (Wildman–Crippen LogP) is 2.21. The lowest BCUT2D eigenvalue weighted by atomic mass is 10.1. The third-order valence-corrected chi connectivity index (χ3v) is 2.66. The van der Waals surface area contributed by atoms with Gasteiger partial charge in [-0.3, -0.25) is 4.79 Å². The smallest absolute Gasteiger partial charge is 0.249 e. The highest BCUT2D eigenvalue weighted by atomic mass is 32.2. The number of carbonyl (C=O) groups excluding carboxylic acids is 1. The number of rotatable bonds is 3. The highest BCUT2D eigenvalue weighted by molar-refractivity contribution is 7.99. The number of amides is 1. The van der Waals surface area contributed by atoms with Crippen LogP contribution in [0.1, 0.15) is 22.8 Å². The Hall–Kier alpha value is -0.960. The lowest BCUT2D eigenvalue weighted by Crippen LogP contribution is -2.12. The summed E-state index contributed by atoms with van der Waals surface area (Å²) in [5, 5.41) is 0. The standard InChI is InChI=1S/C10H13NOS/c1-3-13-8-5-4-7(2)9(6-8)10(11)12/h4-6H,3H2,1-2H3,(H2,11,12). The van der Waals surface area contributed by atoms with Crippen LogP contribution >= 0.6 is 11.8 Å². The summed E-state index contributed by atoms with van der Waals surface area (Å²) in [6, 6.07) is 5.79. The SMILES string of the molecule is CCSc1ccc(C)c(C(N)=O)c1. The normalized spacial score (nSPS) is 10.0. The molecule has 2 nitrogen and oxygen atoms in total. The molecule has 13 heavy (non-hydrogen) atoms. The van der Waals surface area contributed by atoms with Crippen LogP contribution in [0.4, 0.5) is 0 Å². The first-order valence-corrected chi connectivity index (χ1v) is 5.17. The zero-order valence-electron chi connectivity index (χ0n) is 7.83. The van der Waals surface area contributed by atoms with Crippen LogP contribution < -0.4 is 5.73 Å². The number of hydrogen-bond donors (Lipinski definition) is 1. The van der Waals surface area contributed by atoms with Crippen molar-refractivity contribution in [3.8, 4) is 0 Å². The largest absolute Gasteiger partial charge is 0.366 e. The predicted molar refractivity (Wildman–Crippen MR) is 56.1 cm³/mol. The first-order chi connectivity index (χ1) is 6.15. The maximum atomic E-state index is 11.0. The Labute approximate surface area is 82.5 Å². The molecule has 3 heteroatoms. The van der Waals surface area contributed by atoms with Crippen molar-refractivity contribution in [2.24, 2.45) is 5.73 Å². The van der Waals surface area contributed by atoms with Crippen LogP contribution in [0, 0.1) is 6.92 Å². The summed E-state index contributed by atoms with van der Waals surface area (Å²) in [5.41, 5.74) is 6.79. The number of aryl methyl sites for hydroxylation is 1. The van der Waals surface area contributed by atoms with Crippen molar-refractivity contribution in [1.82, 2.24) is 0 Å². The van der Waals surface area contributed by atoms with Gasteiger partial charge in [0.1, 0.15) is 0 Å². The average Bonchev–Trinajstić information content (AvgIpc) is 2.08. The van der Waals surface area contributed by atoms with Gasteiger partial charge in [0.15, 0.2) is 0 Å². The number of hydrogen-bond acceptors (Lipinski definition) is 2. The summed E-state index contributed by atoms with van der Waals surface area (Å²) >= 11 is 1.71. The van der Waals surface area contributed by atoms with Crippen molar-refractivity contribution in [3.05, 3.63) is 29.3 Å². The quantitative estimate of drug-likeness (QED) is 0.751. The van der Waals surface area contributed by atoms with Crippen LogP contribution in [0.15, 0.2) is 23.1 Å². The van der Waals surface area contributed by atoms with Crippen molar-refractivity contribution < 1.29 is 4.79 Å². The third kappa shape index (κ3) is 2.49. The Kier molecular flexibility index (Phi) is 3.37. The van der Waals surface area contributed by atoms with Gasteiger partial charge in [0, 0.05) is 10.5 Å². The second kappa shape index (κ2) is 4.33. The fraction of sp³-hybridized carbons (Fsp3) is 0.300. The molecule has 70 valence electrons. The zero-order valence-corrected chi connectivity index (χ0v) is 8.65. The third-order valence-electron chi connectivity index (χ3n) is 1.79. The highest BCUT2D eigenvalue weighted by Crippen LogP contribution is 2.20. The summed E-state index contributed by atoms with van der Waals surface area (Å²) < 4.78 is 0. The fourth-order valence-corrected chi connectivity index (χ4v) is 1.82. The lowest BCUT2D eigenvalue weighted by Gasteiger charge is -2.04. The molecule has 0 aromatic heterocycles. The van der Waals surface area contributed by atoms with Gasteiger partial charge in [0.25, 0.3) is 0 Å². The van der Waals surface area contributed by atoms with Crippen LogP contribution in [0.25, 0.3) is 0 Å². The molecular formula is C10H13NOS. The summed E-state index contributed by atoms with van der Waals surface area (Å²) in [4.78, 5) is 12.1. The number of benzene rings is 1. The van der Waals surface area contributed by atoms with Gasteiger partial charge >= 0.3 is 0 Å². The van der Waals surface area contributed by atoms with Crippen LogP contribution in [0.5, 0.6) is 0 Å². The van der Waals surface area contributed by atoms with E-state index in [1.807, 2.05) is 25.1 Å². The van der Waals surface area contributed by atoms with Crippen molar-refractivity contribution >= 4 is 17.7 Å². The summed E-state index contributed by atoms with van der Waals surface area (Å²) in [7, 11) is 0. The molecule has 0 atom stereocenters. The Morgan fingerprint density at radius 2 is 2.23 bits per heavy atom. The minimum absolute atomic E-state index is 0.351. The Morgan fingerprint density at radius 3 is 2.77 bits per heavy atom. The van der Waals surface area contributed by atoms with Gasteiger partial charge in [-0.15, -0.1) is 11.8 Å². The monoisotopic (exact) mass is 195 g/mol. The first-order valence-electron chi connectivity index (χ1n) is 4.18. The van der Waals surface area contributed by atoms with Crippen molar-refractivity contribution in [2.75, 3.05) is 5.75 Å². The van der Waals surface area contributed by atoms with E-state index in [0.717, 1.165) is 16.2 Å². The van der Waals surface area contributed by atoms with E-state index in [2.05, 4.69) is 6.92 Å². The van der Waals surface area contributed by atoms with Crippen molar-refractivity contribution in [3.63, 3.8) is 0 Å². The second-order valence-electron chi connectivity index (χ2n) is 2.77. The second-order valence-corrected chi connectivity index (χ2v) is 4.11. The van der Waals surface area contributed by atoms with E-state index in [4.69, 9.17) is 5.73 Å². The molecule has 0 heterocycles. The first kappa shape index (κ1) is 10.1. The van der Waals surface area contributed by atoms with Gasteiger partial charge in [-0.25, -0.2) is 0 Å². The maximum absolute atomic E-state index is 11.0. The molecule has 1 amide bonds. The van der Waals surface area contributed by atoms with Gasteiger partial charge < -0.3 is 5.73 Å². The molecule has 0 unspecified atom stereocenters. The molecule has 0 radical (unpaired) electrons. The molecule has 0 aliphatic heterocycles. The van der Waals surface area contributed by atoms with Crippen LogP contribution in [0.2, 0.25) is 0 Å². The number of primary amides is 1. The molecule has 1 aromatic carbocycles. The minimum Gasteiger partial charge on any atom is -0.366 e. The van der Waals surface area contributed by atoms with Crippen LogP contribution in [-0.2, 0) is 0 Å². The van der Waals surface area contributed by atoms with E-state index in [1.165, 1.54) is 0 Å². The van der Waals surface area contributed by atoms with Crippen LogP contribution in [-0.4, -0.2) is 11.7 Å². The number of carbonyl (C=O) groups is 1. The highest BCUT2D eigenvalue weighted by Gasteiger charge is 2.05. The molecule has 0 saturated carbocycles. The Bertz CT molecular complexity index is 323. The Balaban J connectivity index is 3.04. The van der Waals surface area contributed by atoms with E-state index in [9.17, 15) is 4.79 Å². The molecular weight excluding hydrogens is 182 g/mol. The van der Waals surface area contributed by atoms with E-state index in [1.54, 1.807) is 11.8 Å². The minimum atomic E-state index is -0.351. The molecule has 1 rings (SSSR count). The topological polar surface area (TPSA) is 43.1 Å². The van der Waals surface area contributed by atoms with Gasteiger partial charge in [-0.2, -0.15) is 0 Å². The summed E-state index contributed by atoms with van der Waals surface area (Å²) in [5.74, 6) is 0.650. The van der Waals surface area contributed by atoms with Crippen molar-refractivity contribution in [2.45, 2.75) is 18.7 Å². The van der Waals surface area contributed by atoms with E-state index >= 15 is 0 Å². The fourth-order valence-electron chi connectivity index (χ4n) is 1.12. The van der Waals surface area contributed by atoms with Gasteiger partial charge in [-0.05, 0) is 30.4 Å². The molecule has 0 fully saturated rings. The van der Waals surface area contributed by atoms with Gasteiger partial charge in [0.05, 0.1) is 0 Å². The van der Waals surface area contributed by atoms with E-state index in [0.29, 0.717) is 5.56 Å². The molecule has 2 N–H and O–H groups in total. The van der Waals surface area contributed by atoms with E-state index in [-0.39, 0.29) is 5.91 Å². The molecule has 0 spiro atoms. The van der Waals surface area contributed by atoms with Gasteiger partial charge in [-0.1, -0.05) is 13.0 Å². The maximum Gasteiger partial charge on any atom is 0.249 e. The average molecular weight is 195 g/mol. The number of nitrogens with two attached hydrogens (primary N) is 1. The summed E-state index contributed by atoms with van der Waals surface area (Å²) in [6.07, 6.45) is 0. The number of thioether (sulfide) groups is 1. The molecule has 1 aromatic rings. The molecule has 0 aliphatic rings. The van der Waals surface area contributed by atoms with Gasteiger partial charge in [0.2, 0.25) is 5.91 Å². The molecule has 0 saturated heterocycles. The lowest BCUT2D eigenvalue weighted by molar-refractivity contribution is 0.0999. The molecule has 0 bridgehead atoms. The van der Waals surface area contributed by atoms with E-state index < -0.39 is 0 Å². The van der Waals surface area contributed by atoms with Crippen molar-refractivity contribution in [1.29, 1.82) is 0 Å². The summed E-state index contributed by atoms with van der Waals surface area (Å²) in [6.45, 7) is 3.97. The van der Waals surface area contributed by atoms with Crippen LogP contribution in [0.3, 0.4) is 0 Å². The Morgan fingerprint density at radius 1 is 1.54 bits per heavy atom.